The molecule has 1 heterocycles. The van der Waals surface area contributed by atoms with Gasteiger partial charge in [-0.3, -0.25) is 0 Å². The number of ether oxygens (including phenoxy) is 3. The highest BCUT2D eigenvalue weighted by Crippen LogP contribution is 2.39. The Morgan fingerprint density at radius 2 is 1.71 bits per heavy atom. The molecule has 2 aromatic rings. The van der Waals surface area contributed by atoms with E-state index in [-0.39, 0.29) is 0 Å². The van der Waals surface area contributed by atoms with Gasteiger partial charge in [-0.25, -0.2) is 0 Å². The standard InChI is InChI=1S/C16H21NO3S/c1-11-7-8-21-14(11)10-17-9-12-5-6-13(18-2)16(20-4)15(12)19-3/h5-8,17H,9-10H2,1-4H3. The molecule has 114 valence electrons. The molecule has 0 amide bonds. The van der Waals surface area contributed by atoms with E-state index in [0.717, 1.165) is 12.1 Å². The van der Waals surface area contributed by atoms with Crippen molar-refractivity contribution in [2.45, 2.75) is 20.0 Å². The average Bonchev–Trinajstić information content (AvgIpc) is 2.91. The summed E-state index contributed by atoms with van der Waals surface area (Å²) in [5.74, 6) is 2.02. The largest absolute Gasteiger partial charge is 0.493 e. The second-order valence-corrected chi connectivity index (χ2v) is 5.62. The van der Waals surface area contributed by atoms with Crippen molar-refractivity contribution in [2.75, 3.05) is 21.3 Å². The molecule has 0 aliphatic rings. The molecule has 1 aromatic carbocycles. The Morgan fingerprint density at radius 3 is 2.29 bits per heavy atom. The number of hydrogen-bond acceptors (Lipinski definition) is 5. The zero-order chi connectivity index (χ0) is 15.2. The maximum Gasteiger partial charge on any atom is 0.203 e. The Bertz CT molecular complexity index is 595. The molecule has 0 saturated heterocycles. The SMILES string of the molecule is COc1ccc(CNCc2sccc2C)c(OC)c1OC. The van der Waals surface area contributed by atoms with Gasteiger partial charge in [0.15, 0.2) is 11.5 Å². The normalized spacial score (nSPS) is 10.5. The molecule has 2 rings (SSSR count). The Kier molecular flexibility index (Phi) is 5.47. The predicted octanol–water partition coefficient (Wildman–Crippen LogP) is 3.37. The van der Waals surface area contributed by atoms with Gasteiger partial charge in [0.25, 0.3) is 0 Å². The van der Waals surface area contributed by atoms with Crippen LogP contribution in [0.4, 0.5) is 0 Å². The van der Waals surface area contributed by atoms with Crippen LogP contribution in [0.5, 0.6) is 17.2 Å². The van der Waals surface area contributed by atoms with E-state index in [1.807, 2.05) is 12.1 Å². The fraction of sp³-hybridized carbons (Fsp3) is 0.375. The second-order valence-electron chi connectivity index (χ2n) is 4.62. The van der Waals surface area contributed by atoms with Crippen LogP contribution in [-0.2, 0) is 13.1 Å². The van der Waals surface area contributed by atoms with Gasteiger partial charge in [-0.2, -0.15) is 0 Å². The van der Waals surface area contributed by atoms with E-state index in [0.29, 0.717) is 23.8 Å². The maximum absolute atomic E-state index is 5.48. The highest BCUT2D eigenvalue weighted by atomic mass is 32.1. The molecule has 1 aromatic heterocycles. The van der Waals surface area contributed by atoms with E-state index in [2.05, 4.69) is 23.7 Å². The summed E-state index contributed by atoms with van der Waals surface area (Å²) in [5.41, 5.74) is 2.37. The van der Waals surface area contributed by atoms with Crippen molar-refractivity contribution in [1.82, 2.24) is 5.32 Å². The summed E-state index contributed by atoms with van der Waals surface area (Å²) in [7, 11) is 4.88. The molecule has 5 heteroatoms. The fourth-order valence-electron chi connectivity index (χ4n) is 2.20. The van der Waals surface area contributed by atoms with Gasteiger partial charge in [0.1, 0.15) is 0 Å². The number of thiophene rings is 1. The van der Waals surface area contributed by atoms with Crippen molar-refractivity contribution >= 4 is 11.3 Å². The van der Waals surface area contributed by atoms with E-state index >= 15 is 0 Å². The van der Waals surface area contributed by atoms with E-state index in [1.54, 1.807) is 32.7 Å². The van der Waals surface area contributed by atoms with Crippen LogP contribution in [-0.4, -0.2) is 21.3 Å². The smallest absolute Gasteiger partial charge is 0.203 e. The van der Waals surface area contributed by atoms with Gasteiger partial charge in [-0.1, -0.05) is 6.07 Å². The van der Waals surface area contributed by atoms with Crippen LogP contribution in [0.3, 0.4) is 0 Å². The molecule has 0 aliphatic heterocycles. The van der Waals surface area contributed by atoms with Crippen LogP contribution in [0.2, 0.25) is 0 Å². The van der Waals surface area contributed by atoms with Crippen LogP contribution in [0.15, 0.2) is 23.6 Å². The number of benzene rings is 1. The number of aryl methyl sites for hydroxylation is 1. The van der Waals surface area contributed by atoms with E-state index in [1.165, 1.54) is 10.4 Å². The van der Waals surface area contributed by atoms with Crippen molar-refractivity contribution < 1.29 is 14.2 Å². The molecular weight excluding hydrogens is 286 g/mol. The fourth-order valence-corrected chi connectivity index (χ4v) is 3.07. The molecule has 0 unspecified atom stereocenters. The first-order chi connectivity index (χ1) is 10.2. The van der Waals surface area contributed by atoms with Crippen molar-refractivity contribution in [3.63, 3.8) is 0 Å². The Labute approximate surface area is 129 Å². The third-order valence-corrected chi connectivity index (χ3v) is 4.38. The molecular formula is C16H21NO3S. The summed E-state index contributed by atoms with van der Waals surface area (Å²) in [4.78, 5) is 1.36. The zero-order valence-corrected chi connectivity index (χ0v) is 13.7. The van der Waals surface area contributed by atoms with Crippen LogP contribution < -0.4 is 19.5 Å². The third-order valence-electron chi connectivity index (χ3n) is 3.35. The average molecular weight is 307 g/mol. The number of rotatable bonds is 7. The van der Waals surface area contributed by atoms with E-state index in [4.69, 9.17) is 14.2 Å². The van der Waals surface area contributed by atoms with Gasteiger partial charge >= 0.3 is 0 Å². The summed E-state index contributed by atoms with van der Waals surface area (Å²) in [6.45, 7) is 3.69. The van der Waals surface area contributed by atoms with Gasteiger partial charge < -0.3 is 19.5 Å². The molecule has 0 aliphatic carbocycles. The second kappa shape index (κ2) is 7.33. The number of methoxy groups -OCH3 is 3. The van der Waals surface area contributed by atoms with Crippen LogP contribution in [0.25, 0.3) is 0 Å². The minimum atomic E-state index is 0.631. The van der Waals surface area contributed by atoms with Crippen LogP contribution in [0.1, 0.15) is 16.0 Å². The molecule has 0 fully saturated rings. The van der Waals surface area contributed by atoms with Crippen molar-refractivity contribution in [3.8, 4) is 17.2 Å². The first-order valence-electron chi connectivity index (χ1n) is 6.72. The van der Waals surface area contributed by atoms with Crippen molar-refractivity contribution in [1.29, 1.82) is 0 Å². The van der Waals surface area contributed by atoms with E-state index in [9.17, 15) is 0 Å². The lowest BCUT2D eigenvalue weighted by molar-refractivity contribution is 0.321. The van der Waals surface area contributed by atoms with Crippen LogP contribution >= 0.6 is 11.3 Å². The van der Waals surface area contributed by atoms with Crippen molar-refractivity contribution in [2.24, 2.45) is 0 Å². The zero-order valence-electron chi connectivity index (χ0n) is 12.9. The van der Waals surface area contributed by atoms with Crippen molar-refractivity contribution in [3.05, 3.63) is 39.6 Å². The molecule has 0 radical (unpaired) electrons. The summed E-state index contributed by atoms with van der Waals surface area (Å²) in [6.07, 6.45) is 0. The first kappa shape index (κ1) is 15.7. The lowest BCUT2D eigenvalue weighted by Crippen LogP contribution is -2.13. The molecule has 0 bridgehead atoms. The van der Waals surface area contributed by atoms with Gasteiger partial charge in [-0.15, -0.1) is 11.3 Å². The number of nitrogens with one attached hydrogen (secondary N) is 1. The van der Waals surface area contributed by atoms with Gasteiger partial charge in [0.2, 0.25) is 5.75 Å². The summed E-state index contributed by atoms with van der Waals surface area (Å²) < 4.78 is 16.2. The first-order valence-corrected chi connectivity index (χ1v) is 7.60. The van der Waals surface area contributed by atoms with E-state index < -0.39 is 0 Å². The Morgan fingerprint density at radius 1 is 0.952 bits per heavy atom. The van der Waals surface area contributed by atoms with Gasteiger partial charge in [0.05, 0.1) is 21.3 Å². The molecule has 0 atom stereocenters. The highest BCUT2D eigenvalue weighted by Gasteiger charge is 2.15. The maximum atomic E-state index is 5.48. The lowest BCUT2D eigenvalue weighted by atomic mass is 10.1. The minimum absolute atomic E-state index is 0.631. The topological polar surface area (TPSA) is 39.7 Å². The highest BCUT2D eigenvalue weighted by molar-refractivity contribution is 7.10. The Balaban J connectivity index is 2.11. The van der Waals surface area contributed by atoms with Gasteiger partial charge in [-0.05, 0) is 30.0 Å². The minimum Gasteiger partial charge on any atom is -0.493 e. The monoisotopic (exact) mass is 307 g/mol. The predicted molar refractivity (Wildman–Crippen MR) is 85.7 cm³/mol. The van der Waals surface area contributed by atoms with Gasteiger partial charge in [0, 0.05) is 23.5 Å². The summed E-state index contributed by atoms with van der Waals surface area (Å²) in [6, 6.07) is 6.03. The molecule has 0 saturated carbocycles. The molecule has 4 nitrogen and oxygen atoms in total. The third kappa shape index (κ3) is 3.49. The molecule has 0 spiro atoms. The quantitative estimate of drug-likeness (QED) is 0.851. The lowest BCUT2D eigenvalue weighted by Gasteiger charge is -2.16. The summed E-state index contributed by atoms with van der Waals surface area (Å²) in [5, 5.41) is 5.56. The Hall–Kier alpha value is -1.72. The van der Waals surface area contributed by atoms with Crippen LogP contribution in [0, 0.1) is 6.92 Å². The summed E-state index contributed by atoms with van der Waals surface area (Å²) >= 11 is 1.77. The molecule has 21 heavy (non-hydrogen) atoms. The molecule has 1 N–H and O–H groups in total. The number of hydrogen-bond donors (Lipinski definition) is 1.